The predicted molar refractivity (Wildman–Crippen MR) is 125 cm³/mol. The van der Waals surface area contributed by atoms with E-state index in [4.69, 9.17) is 9.15 Å². The van der Waals surface area contributed by atoms with Crippen molar-refractivity contribution in [2.75, 3.05) is 19.7 Å². The number of likely N-dealkylation sites (tertiary alicyclic amines) is 1. The van der Waals surface area contributed by atoms with Gasteiger partial charge in [-0.3, -0.25) is 9.59 Å². The van der Waals surface area contributed by atoms with Crippen LogP contribution in [0.4, 0.5) is 0 Å². The standard InChI is InChI=1S/C25H25N3O4S/c29-24(27-12-2-1-3-13-27)17-32-19-10-8-18(9-11-19)20-16-21(22-6-4-14-31-22)28(26-20)25(30)23-7-5-15-33-23/h4-11,14-15,21H,1-3,12-13,16-17H2. The predicted octanol–water partition coefficient (Wildman–Crippen LogP) is 4.72. The van der Waals surface area contributed by atoms with Crippen molar-refractivity contribution in [3.05, 3.63) is 76.4 Å². The fourth-order valence-corrected chi connectivity index (χ4v) is 4.87. The van der Waals surface area contributed by atoms with Gasteiger partial charge < -0.3 is 14.1 Å². The van der Waals surface area contributed by atoms with Crippen molar-refractivity contribution in [1.82, 2.24) is 9.91 Å². The highest BCUT2D eigenvalue weighted by atomic mass is 32.1. The quantitative estimate of drug-likeness (QED) is 0.530. The van der Waals surface area contributed by atoms with Crippen LogP contribution in [0.2, 0.25) is 0 Å². The number of hydrogen-bond donors (Lipinski definition) is 0. The van der Waals surface area contributed by atoms with Crippen LogP contribution in [-0.2, 0) is 4.79 Å². The van der Waals surface area contributed by atoms with E-state index in [0.717, 1.165) is 37.2 Å². The molecule has 2 aromatic heterocycles. The molecule has 0 bridgehead atoms. The molecule has 33 heavy (non-hydrogen) atoms. The molecule has 1 unspecified atom stereocenters. The van der Waals surface area contributed by atoms with Crippen molar-refractivity contribution in [3.8, 4) is 5.75 Å². The molecule has 1 fully saturated rings. The van der Waals surface area contributed by atoms with E-state index in [1.165, 1.54) is 22.8 Å². The van der Waals surface area contributed by atoms with E-state index in [-0.39, 0.29) is 24.5 Å². The molecule has 0 N–H and O–H groups in total. The molecule has 1 aromatic carbocycles. The Morgan fingerprint density at radius 3 is 2.58 bits per heavy atom. The maximum atomic E-state index is 13.1. The number of amides is 2. The molecule has 170 valence electrons. The van der Waals surface area contributed by atoms with Crippen molar-refractivity contribution in [1.29, 1.82) is 0 Å². The Hall–Kier alpha value is -3.39. The number of hydrazone groups is 1. The highest BCUT2D eigenvalue weighted by molar-refractivity contribution is 7.12. The molecular formula is C25H25N3O4S. The topological polar surface area (TPSA) is 75.3 Å². The fraction of sp³-hybridized carbons (Fsp3) is 0.320. The van der Waals surface area contributed by atoms with Crippen LogP contribution in [0.15, 0.2) is 69.7 Å². The number of carbonyl (C=O) groups excluding carboxylic acids is 2. The first-order valence-corrected chi connectivity index (χ1v) is 12.1. The van der Waals surface area contributed by atoms with Crippen LogP contribution < -0.4 is 4.74 Å². The van der Waals surface area contributed by atoms with Gasteiger partial charge in [0.25, 0.3) is 11.8 Å². The van der Waals surface area contributed by atoms with Crippen LogP contribution in [0.3, 0.4) is 0 Å². The monoisotopic (exact) mass is 463 g/mol. The third-order valence-electron chi connectivity index (χ3n) is 5.98. The zero-order valence-corrected chi connectivity index (χ0v) is 19.0. The molecule has 8 heteroatoms. The summed E-state index contributed by atoms with van der Waals surface area (Å²) >= 11 is 1.40. The van der Waals surface area contributed by atoms with Gasteiger partial charge in [-0.25, -0.2) is 5.01 Å². The zero-order valence-electron chi connectivity index (χ0n) is 18.2. The highest BCUT2D eigenvalue weighted by Gasteiger charge is 2.35. The molecule has 1 saturated heterocycles. The van der Waals surface area contributed by atoms with E-state index >= 15 is 0 Å². The van der Waals surface area contributed by atoms with Crippen LogP contribution in [0.25, 0.3) is 0 Å². The summed E-state index contributed by atoms with van der Waals surface area (Å²) in [6.07, 6.45) is 5.48. The normalized spacial score (nSPS) is 18.3. The number of thiophene rings is 1. The third kappa shape index (κ3) is 4.71. The van der Waals surface area contributed by atoms with Gasteiger partial charge in [-0.15, -0.1) is 11.3 Å². The lowest BCUT2D eigenvalue weighted by Gasteiger charge is -2.26. The molecular weight excluding hydrogens is 438 g/mol. The van der Waals surface area contributed by atoms with Crippen LogP contribution in [0, 0.1) is 0 Å². The average molecular weight is 464 g/mol. The summed E-state index contributed by atoms with van der Waals surface area (Å²) < 4.78 is 11.3. The van der Waals surface area contributed by atoms with Gasteiger partial charge in [0.05, 0.1) is 16.9 Å². The van der Waals surface area contributed by atoms with Gasteiger partial charge in [-0.1, -0.05) is 6.07 Å². The molecule has 3 aromatic rings. The molecule has 0 aliphatic carbocycles. The Morgan fingerprint density at radius 2 is 1.88 bits per heavy atom. The van der Waals surface area contributed by atoms with Crippen LogP contribution in [-0.4, -0.2) is 47.1 Å². The summed E-state index contributed by atoms with van der Waals surface area (Å²) in [5, 5.41) is 8.06. The first kappa shape index (κ1) is 21.5. The number of benzene rings is 1. The molecule has 5 rings (SSSR count). The molecule has 4 heterocycles. The average Bonchev–Trinajstić information content (AvgIpc) is 3.64. The maximum Gasteiger partial charge on any atom is 0.284 e. The summed E-state index contributed by atoms with van der Waals surface area (Å²) in [5.41, 5.74) is 1.71. The van der Waals surface area contributed by atoms with Crippen molar-refractivity contribution >= 4 is 28.9 Å². The van der Waals surface area contributed by atoms with E-state index in [1.807, 2.05) is 52.7 Å². The largest absolute Gasteiger partial charge is 0.484 e. The van der Waals surface area contributed by atoms with Crippen LogP contribution in [0.5, 0.6) is 5.75 Å². The van der Waals surface area contributed by atoms with E-state index in [0.29, 0.717) is 22.8 Å². The Kier molecular flexibility index (Phi) is 6.26. The summed E-state index contributed by atoms with van der Waals surface area (Å²) in [4.78, 5) is 27.9. The Labute approximate surface area is 196 Å². The van der Waals surface area contributed by atoms with E-state index in [1.54, 1.807) is 12.3 Å². The minimum atomic E-state index is -0.289. The van der Waals surface area contributed by atoms with Crippen molar-refractivity contribution in [2.24, 2.45) is 5.10 Å². The second kappa shape index (κ2) is 9.62. The van der Waals surface area contributed by atoms with Gasteiger partial charge in [0.2, 0.25) is 0 Å². The molecule has 2 amide bonds. The Morgan fingerprint density at radius 1 is 1.06 bits per heavy atom. The number of rotatable bonds is 6. The van der Waals surface area contributed by atoms with Gasteiger partial charge in [-0.2, -0.15) is 5.10 Å². The Bertz CT molecular complexity index is 1120. The summed E-state index contributed by atoms with van der Waals surface area (Å²) in [7, 11) is 0. The molecule has 2 aliphatic heterocycles. The molecule has 0 radical (unpaired) electrons. The third-order valence-corrected chi connectivity index (χ3v) is 6.84. The molecule has 2 aliphatic rings. The highest BCUT2D eigenvalue weighted by Crippen LogP contribution is 2.35. The maximum absolute atomic E-state index is 13.1. The number of ether oxygens (including phenoxy) is 1. The lowest BCUT2D eigenvalue weighted by atomic mass is 10.0. The van der Waals surface area contributed by atoms with Gasteiger partial charge >= 0.3 is 0 Å². The number of piperidine rings is 1. The van der Waals surface area contributed by atoms with E-state index in [9.17, 15) is 9.59 Å². The number of furan rings is 1. The molecule has 0 saturated carbocycles. The number of hydrogen-bond acceptors (Lipinski definition) is 6. The molecule has 0 spiro atoms. The summed E-state index contributed by atoms with van der Waals surface area (Å²) in [5.74, 6) is 1.23. The van der Waals surface area contributed by atoms with Gasteiger partial charge in [0.15, 0.2) is 6.61 Å². The molecule has 7 nitrogen and oxygen atoms in total. The lowest BCUT2D eigenvalue weighted by Crippen LogP contribution is -2.38. The fourth-order valence-electron chi connectivity index (χ4n) is 4.21. The number of carbonyl (C=O) groups is 2. The zero-order chi connectivity index (χ0) is 22.6. The van der Waals surface area contributed by atoms with E-state index in [2.05, 4.69) is 5.10 Å². The van der Waals surface area contributed by atoms with E-state index < -0.39 is 0 Å². The lowest BCUT2D eigenvalue weighted by molar-refractivity contribution is -0.134. The second-order valence-corrected chi connectivity index (χ2v) is 9.11. The number of nitrogens with zero attached hydrogens (tertiary/aromatic N) is 3. The van der Waals surface area contributed by atoms with Gasteiger partial charge in [-0.05, 0) is 72.7 Å². The second-order valence-electron chi connectivity index (χ2n) is 8.16. The van der Waals surface area contributed by atoms with Crippen LogP contribution >= 0.6 is 11.3 Å². The van der Waals surface area contributed by atoms with Crippen molar-refractivity contribution < 1.29 is 18.7 Å². The first-order valence-electron chi connectivity index (χ1n) is 11.2. The minimum absolute atomic E-state index is 0.0305. The molecule has 1 atom stereocenters. The smallest absolute Gasteiger partial charge is 0.284 e. The van der Waals surface area contributed by atoms with Crippen LogP contribution in [0.1, 0.15) is 52.7 Å². The minimum Gasteiger partial charge on any atom is -0.484 e. The van der Waals surface area contributed by atoms with Crippen molar-refractivity contribution in [2.45, 2.75) is 31.7 Å². The van der Waals surface area contributed by atoms with Crippen molar-refractivity contribution in [3.63, 3.8) is 0 Å². The van der Waals surface area contributed by atoms with Gasteiger partial charge in [0.1, 0.15) is 17.6 Å². The SMILES string of the molecule is O=C(COc1ccc(C2=NN(C(=O)c3cccs3)C(c3ccco3)C2)cc1)N1CCCCC1. The summed E-state index contributed by atoms with van der Waals surface area (Å²) in [6.45, 7) is 1.68. The summed E-state index contributed by atoms with van der Waals surface area (Å²) in [6, 6.07) is 14.6. The van der Waals surface area contributed by atoms with Gasteiger partial charge in [0, 0.05) is 19.5 Å². The first-order chi connectivity index (χ1) is 16.2. The Balaban J connectivity index is 1.28.